The van der Waals surface area contributed by atoms with E-state index in [1.807, 2.05) is 6.92 Å². The molecule has 0 aliphatic rings. The van der Waals surface area contributed by atoms with E-state index in [-0.39, 0.29) is 22.3 Å². The van der Waals surface area contributed by atoms with Crippen molar-refractivity contribution in [2.24, 2.45) is 0 Å². The van der Waals surface area contributed by atoms with Gasteiger partial charge in [-0.2, -0.15) is 0 Å². The van der Waals surface area contributed by atoms with Gasteiger partial charge in [0.25, 0.3) is 10.0 Å². The van der Waals surface area contributed by atoms with Gasteiger partial charge in [-0.3, -0.25) is 4.72 Å². The maximum atomic E-state index is 12.7. The predicted octanol–water partition coefficient (Wildman–Crippen LogP) is 2.47. The third kappa shape index (κ3) is 4.96. The lowest BCUT2D eigenvalue weighted by atomic mass is 10.3. The molecule has 0 amide bonds. The molecule has 0 aliphatic heterocycles. The Morgan fingerprint density at radius 1 is 0.960 bits per heavy atom. The first-order valence-electron chi connectivity index (χ1n) is 7.87. The summed E-state index contributed by atoms with van der Waals surface area (Å²) in [6.07, 6.45) is 2.68. The SMILES string of the molecule is CCOc1ccc(S(=O)(=O)Nc2cnc(OCC)nc2)c(OCC)c1. The molecule has 1 heterocycles. The van der Waals surface area contributed by atoms with Gasteiger partial charge in [-0.15, -0.1) is 0 Å². The Hall–Kier alpha value is -2.55. The maximum absolute atomic E-state index is 12.7. The van der Waals surface area contributed by atoms with Crippen LogP contribution in [0.1, 0.15) is 20.8 Å². The van der Waals surface area contributed by atoms with Gasteiger partial charge in [0.2, 0.25) is 0 Å². The molecular weight excluding hydrogens is 346 g/mol. The summed E-state index contributed by atoms with van der Waals surface area (Å²) >= 11 is 0. The van der Waals surface area contributed by atoms with Crippen molar-refractivity contribution < 1.29 is 22.6 Å². The van der Waals surface area contributed by atoms with Crippen LogP contribution in [0.3, 0.4) is 0 Å². The molecule has 0 unspecified atom stereocenters. The zero-order valence-corrected chi connectivity index (χ0v) is 15.2. The van der Waals surface area contributed by atoms with Crippen LogP contribution < -0.4 is 18.9 Å². The van der Waals surface area contributed by atoms with Crippen LogP contribution in [-0.4, -0.2) is 38.2 Å². The third-order valence-electron chi connectivity index (χ3n) is 2.97. The minimum atomic E-state index is -3.87. The molecule has 0 aliphatic carbocycles. The van der Waals surface area contributed by atoms with Crippen molar-refractivity contribution in [2.75, 3.05) is 24.5 Å². The second-order valence-electron chi connectivity index (χ2n) is 4.77. The predicted molar refractivity (Wildman–Crippen MR) is 92.8 cm³/mol. The van der Waals surface area contributed by atoms with Crippen molar-refractivity contribution in [2.45, 2.75) is 25.7 Å². The van der Waals surface area contributed by atoms with E-state index in [2.05, 4.69) is 14.7 Å². The van der Waals surface area contributed by atoms with Crippen LogP contribution in [0.15, 0.2) is 35.5 Å². The summed E-state index contributed by atoms with van der Waals surface area (Å²) in [5.41, 5.74) is 0.222. The van der Waals surface area contributed by atoms with Gasteiger partial charge < -0.3 is 14.2 Å². The monoisotopic (exact) mass is 367 g/mol. The molecule has 0 spiro atoms. The molecule has 2 aromatic rings. The summed E-state index contributed by atoms with van der Waals surface area (Å²) in [7, 11) is -3.87. The molecule has 0 atom stereocenters. The van der Waals surface area contributed by atoms with Crippen LogP contribution in [0.4, 0.5) is 5.69 Å². The Labute approximate surface area is 147 Å². The van der Waals surface area contributed by atoms with E-state index in [1.54, 1.807) is 26.0 Å². The molecule has 0 saturated carbocycles. The van der Waals surface area contributed by atoms with Crippen molar-refractivity contribution in [3.63, 3.8) is 0 Å². The van der Waals surface area contributed by atoms with Gasteiger partial charge in [-0.1, -0.05) is 0 Å². The average molecular weight is 367 g/mol. The van der Waals surface area contributed by atoms with E-state index in [0.717, 1.165) is 0 Å². The Morgan fingerprint density at radius 3 is 2.20 bits per heavy atom. The van der Waals surface area contributed by atoms with Gasteiger partial charge in [0.15, 0.2) is 0 Å². The Kier molecular flexibility index (Phi) is 6.40. The number of rotatable bonds is 9. The minimum Gasteiger partial charge on any atom is -0.494 e. The molecular formula is C16H21N3O5S. The molecule has 1 aromatic heterocycles. The van der Waals surface area contributed by atoms with Crippen molar-refractivity contribution in [3.8, 4) is 17.5 Å². The number of anilines is 1. The lowest BCUT2D eigenvalue weighted by Crippen LogP contribution is -2.15. The zero-order chi connectivity index (χ0) is 18.3. The highest BCUT2D eigenvalue weighted by Crippen LogP contribution is 2.30. The molecule has 25 heavy (non-hydrogen) atoms. The van der Waals surface area contributed by atoms with E-state index in [1.165, 1.54) is 18.5 Å². The number of benzene rings is 1. The molecule has 0 saturated heterocycles. The minimum absolute atomic E-state index is 0.00619. The Balaban J connectivity index is 2.28. The van der Waals surface area contributed by atoms with Crippen LogP contribution in [0.25, 0.3) is 0 Å². The van der Waals surface area contributed by atoms with Crippen LogP contribution in [-0.2, 0) is 10.0 Å². The first-order valence-corrected chi connectivity index (χ1v) is 9.35. The molecule has 136 valence electrons. The molecule has 0 fully saturated rings. The highest BCUT2D eigenvalue weighted by Gasteiger charge is 2.21. The fourth-order valence-electron chi connectivity index (χ4n) is 2.02. The van der Waals surface area contributed by atoms with Gasteiger partial charge in [0.1, 0.15) is 16.4 Å². The molecule has 0 bridgehead atoms. The second-order valence-corrected chi connectivity index (χ2v) is 6.42. The van der Waals surface area contributed by atoms with Crippen LogP contribution in [0.5, 0.6) is 17.5 Å². The summed E-state index contributed by atoms with van der Waals surface area (Å²) in [6.45, 7) is 6.65. The lowest BCUT2D eigenvalue weighted by Gasteiger charge is -2.14. The van der Waals surface area contributed by atoms with E-state index in [4.69, 9.17) is 14.2 Å². The number of ether oxygens (including phenoxy) is 3. The topological polar surface area (TPSA) is 99.6 Å². The van der Waals surface area contributed by atoms with Crippen LogP contribution in [0, 0.1) is 0 Å². The molecule has 1 N–H and O–H groups in total. The van der Waals surface area contributed by atoms with Gasteiger partial charge in [-0.25, -0.2) is 18.4 Å². The third-order valence-corrected chi connectivity index (χ3v) is 4.39. The number of hydrogen-bond donors (Lipinski definition) is 1. The smallest absolute Gasteiger partial charge is 0.316 e. The largest absolute Gasteiger partial charge is 0.494 e. The zero-order valence-electron chi connectivity index (χ0n) is 14.4. The number of nitrogens with zero attached hydrogens (tertiary/aromatic N) is 2. The van der Waals surface area contributed by atoms with Crippen molar-refractivity contribution in [1.29, 1.82) is 0 Å². The molecule has 8 nitrogen and oxygen atoms in total. The number of sulfonamides is 1. The van der Waals surface area contributed by atoms with Crippen molar-refractivity contribution >= 4 is 15.7 Å². The first-order chi connectivity index (χ1) is 12.0. The summed E-state index contributed by atoms with van der Waals surface area (Å²) < 4.78 is 43.7. The standard InChI is InChI=1S/C16H21N3O5S/c1-4-22-13-7-8-15(14(9-13)23-5-2)25(20,21)19-12-10-17-16(18-11-12)24-6-3/h7-11,19H,4-6H2,1-3H3. The van der Waals surface area contributed by atoms with E-state index in [0.29, 0.717) is 25.6 Å². The molecule has 9 heteroatoms. The van der Waals surface area contributed by atoms with Crippen LogP contribution in [0.2, 0.25) is 0 Å². The quantitative estimate of drug-likeness (QED) is 0.727. The summed E-state index contributed by atoms with van der Waals surface area (Å²) in [5.74, 6) is 0.752. The summed E-state index contributed by atoms with van der Waals surface area (Å²) in [4.78, 5) is 7.87. The van der Waals surface area contributed by atoms with Gasteiger partial charge in [0.05, 0.1) is 37.9 Å². The summed E-state index contributed by atoms with van der Waals surface area (Å²) in [5, 5.41) is 0. The van der Waals surface area contributed by atoms with Crippen LogP contribution >= 0.6 is 0 Å². The average Bonchev–Trinajstić information content (AvgIpc) is 2.57. The van der Waals surface area contributed by atoms with Gasteiger partial charge in [0, 0.05) is 6.07 Å². The van der Waals surface area contributed by atoms with Gasteiger partial charge in [-0.05, 0) is 32.9 Å². The van der Waals surface area contributed by atoms with Crippen molar-refractivity contribution in [1.82, 2.24) is 9.97 Å². The molecule has 1 aromatic carbocycles. The maximum Gasteiger partial charge on any atom is 0.316 e. The highest BCUT2D eigenvalue weighted by molar-refractivity contribution is 7.92. The Morgan fingerprint density at radius 2 is 1.60 bits per heavy atom. The van der Waals surface area contributed by atoms with E-state index >= 15 is 0 Å². The first kappa shape index (κ1) is 18.8. The lowest BCUT2D eigenvalue weighted by molar-refractivity contribution is 0.312. The van der Waals surface area contributed by atoms with Crippen molar-refractivity contribution in [3.05, 3.63) is 30.6 Å². The number of nitrogens with one attached hydrogen (secondary N) is 1. The fourth-order valence-corrected chi connectivity index (χ4v) is 3.17. The van der Waals surface area contributed by atoms with E-state index < -0.39 is 10.0 Å². The molecule has 2 rings (SSSR count). The normalized spacial score (nSPS) is 11.0. The highest BCUT2D eigenvalue weighted by atomic mass is 32.2. The number of hydrogen-bond acceptors (Lipinski definition) is 7. The van der Waals surface area contributed by atoms with Gasteiger partial charge >= 0.3 is 6.01 Å². The number of aromatic nitrogens is 2. The fraction of sp³-hybridized carbons (Fsp3) is 0.375. The second kappa shape index (κ2) is 8.52. The Bertz CT molecular complexity index is 794. The molecule has 0 radical (unpaired) electrons. The van der Waals surface area contributed by atoms with E-state index in [9.17, 15) is 8.42 Å². The summed E-state index contributed by atoms with van der Waals surface area (Å²) in [6, 6.07) is 4.75.